The van der Waals surface area contributed by atoms with Crippen molar-refractivity contribution in [2.75, 3.05) is 32.7 Å². The Morgan fingerprint density at radius 3 is 2.34 bits per heavy atom. The lowest BCUT2D eigenvalue weighted by Crippen LogP contribution is -2.46. The molecule has 0 aliphatic carbocycles. The molecule has 5 heteroatoms. The van der Waals surface area contributed by atoms with E-state index in [0.717, 1.165) is 55.8 Å². The predicted octanol–water partition coefficient (Wildman–Crippen LogP) is 6.85. The largest absolute Gasteiger partial charge is 0.485 e. The van der Waals surface area contributed by atoms with Crippen molar-refractivity contribution < 1.29 is 4.74 Å². The average molecular weight is 469 g/mol. The van der Waals surface area contributed by atoms with Crippen molar-refractivity contribution >= 4 is 22.9 Å². The monoisotopic (exact) mass is 468 g/mol. The highest BCUT2D eigenvalue weighted by atomic mass is 35.5. The smallest absolute Gasteiger partial charge is 0.134 e. The zero-order chi connectivity index (χ0) is 22.3. The summed E-state index contributed by atoms with van der Waals surface area (Å²) in [6, 6.07) is 23.4. The van der Waals surface area contributed by atoms with Gasteiger partial charge in [-0.25, -0.2) is 0 Å². The highest BCUT2D eigenvalue weighted by molar-refractivity contribution is 7.16. The number of thiophene rings is 1. The van der Waals surface area contributed by atoms with Crippen LogP contribution >= 0.6 is 22.9 Å². The number of rotatable bonds is 9. The highest BCUT2D eigenvalue weighted by Crippen LogP contribution is 2.33. The molecule has 2 heterocycles. The van der Waals surface area contributed by atoms with Gasteiger partial charge in [0, 0.05) is 50.6 Å². The lowest BCUT2D eigenvalue weighted by molar-refractivity contribution is 0.107. The van der Waals surface area contributed by atoms with E-state index in [4.69, 9.17) is 16.3 Å². The van der Waals surface area contributed by atoms with E-state index in [1.807, 2.05) is 6.07 Å². The van der Waals surface area contributed by atoms with Crippen molar-refractivity contribution in [2.45, 2.75) is 38.8 Å². The maximum Gasteiger partial charge on any atom is 0.134 e. The van der Waals surface area contributed by atoms with Gasteiger partial charge in [-0.3, -0.25) is 4.90 Å². The van der Waals surface area contributed by atoms with E-state index in [9.17, 15) is 0 Å². The molecule has 0 spiro atoms. The number of hydrogen-bond donors (Lipinski definition) is 0. The van der Waals surface area contributed by atoms with Gasteiger partial charge in [-0.05, 0) is 41.3 Å². The van der Waals surface area contributed by atoms with E-state index in [-0.39, 0.29) is 6.10 Å². The molecular weight excluding hydrogens is 436 g/mol. The number of hydrogen-bond acceptors (Lipinski definition) is 4. The molecule has 1 unspecified atom stereocenters. The van der Waals surface area contributed by atoms with Gasteiger partial charge in [-0.2, -0.15) is 0 Å². The third kappa shape index (κ3) is 6.58. The number of piperazine rings is 1. The second kappa shape index (κ2) is 11.3. The molecule has 32 heavy (non-hydrogen) atoms. The molecule has 3 nitrogen and oxygen atoms in total. The van der Waals surface area contributed by atoms with Crippen LogP contribution in [0.25, 0.3) is 0 Å². The van der Waals surface area contributed by atoms with Crippen molar-refractivity contribution in [3.05, 3.63) is 87.1 Å². The van der Waals surface area contributed by atoms with Crippen LogP contribution in [0.3, 0.4) is 0 Å². The second-order valence-electron chi connectivity index (χ2n) is 8.87. The Morgan fingerprint density at radius 2 is 1.66 bits per heavy atom. The first-order valence-corrected chi connectivity index (χ1v) is 12.8. The van der Waals surface area contributed by atoms with Gasteiger partial charge >= 0.3 is 0 Å². The molecule has 1 aliphatic rings. The Labute approximate surface area is 201 Å². The van der Waals surface area contributed by atoms with Gasteiger partial charge in [0.1, 0.15) is 11.9 Å². The molecule has 1 fully saturated rings. The van der Waals surface area contributed by atoms with Crippen molar-refractivity contribution in [3.63, 3.8) is 0 Å². The first-order valence-electron chi connectivity index (χ1n) is 11.6. The molecule has 3 aromatic rings. The molecule has 170 valence electrons. The molecular formula is C27H33ClN2OS. The minimum atomic E-state index is 0.0252. The summed E-state index contributed by atoms with van der Waals surface area (Å²) in [5.41, 5.74) is 2.70. The highest BCUT2D eigenvalue weighted by Gasteiger charge is 2.21. The summed E-state index contributed by atoms with van der Waals surface area (Å²) in [6.45, 7) is 10.9. The van der Waals surface area contributed by atoms with E-state index in [1.54, 1.807) is 11.3 Å². The van der Waals surface area contributed by atoms with E-state index < -0.39 is 0 Å². The van der Waals surface area contributed by atoms with Gasteiger partial charge in [0.05, 0.1) is 4.34 Å². The topological polar surface area (TPSA) is 15.7 Å². The van der Waals surface area contributed by atoms with Gasteiger partial charge < -0.3 is 9.64 Å². The van der Waals surface area contributed by atoms with E-state index >= 15 is 0 Å². The van der Waals surface area contributed by atoms with Crippen molar-refractivity contribution in [1.82, 2.24) is 9.80 Å². The zero-order valence-corrected chi connectivity index (χ0v) is 20.6. The molecule has 0 saturated carbocycles. The fraction of sp³-hybridized carbons (Fsp3) is 0.407. The summed E-state index contributed by atoms with van der Waals surface area (Å²) in [5.74, 6) is 1.43. The molecule has 4 rings (SSSR count). The third-order valence-electron chi connectivity index (χ3n) is 6.14. The molecule has 1 aliphatic heterocycles. The van der Waals surface area contributed by atoms with Crippen LogP contribution in [0.5, 0.6) is 5.75 Å². The SMILES string of the molecule is CC(C)c1cccc(OC(CCN2CCN(Cc3ccccc3)CC2)c2ccc(Cl)s2)c1. The summed E-state index contributed by atoms with van der Waals surface area (Å²) >= 11 is 7.88. The number of benzene rings is 2. The Kier molecular flexibility index (Phi) is 8.26. The number of nitrogens with zero attached hydrogens (tertiary/aromatic N) is 2. The van der Waals surface area contributed by atoms with E-state index in [2.05, 4.69) is 84.3 Å². The normalized spacial score (nSPS) is 16.4. The first-order chi connectivity index (χ1) is 15.6. The van der Waals surface area contributed by atoms with Crippen LogP contribution in [0.15, 0.2) is 66.7 Å². The fourth-order valence-corrected chi connectivity index (χ4v) is 5.31. The van der Waals surface area contributed by atoms with Crippen molar-refractivity contribution in [2.24, 2.45) is 0 Å². The molecule has 0 bridgehead atoms. The molecule has 2 aromatic carbocycles. The molecule has 1 atom stereocenters. The summed E-state index contributed by atoms with van der Waals surface area (Å²) in [4.78, 5) is 6.32. The van der Waals surface area contributed by atoms with Crippen LogP contribution in [0.4, 0.5) is 0 Å². The van der Waals surface area contributed by atoms with Crippen molar-refractivity contribution in [1.29, 1.82) is 0 Å². The van der Waals surface area contributed by atoms with Gasteiger partial charge in [-0.15, -0.1) is 11.3 Å². The van der Waals surface area contributed by atoms with Crippen LogP contribution in [-0.2, 0) is 6.54 Å². The second-order valence-corrected chi connectivity index (χ2v) is 10.6. The van der Waals surface area contributed by atoms with Gasteiger partial charge in [0.25, 0.3) is 0 Å². The Balaban J connectivity index is 1.33. The fourth-order valence-electron chi connectivity index (χ4n) is 4.18. The van der Waals surface area contributed by atoms with Gasteiger partial charge in [0.15, 0.2) is 0 Å². The summed E-state index contributed by atoms with van der Waals surface area (Å²) in [6.07, 6.45) is 0.985. The maximum atomic E-state index is 6.51. The Bertz CT molecular complexity index is 967. The third-order valence-corrected chi connectivity index (χ3v) is 7.46. The summed E-state index contributed by atoms with van der Waals surface area (Å²) in [7, 11) is 0. The lowest BCUT2D eigenvalue weighted by Gasteiger charge is -2.35. The summed E-state index contributed by atoms with van der Waals surface area (Å²) in [5, 5.41) is 0. The molecule has 0 amide bonds. The Hall–Kier alpha value is -1.85. The minimum absolute atomic E-state index is 0.0252. The first kappa shape index (κ1) is 23.3. The quantitative estimate of drug-likeness (QED) is 0.341. The van der Waals surface area contributed by atoms with Gasteiger partial charge in [0.2, 0.25) is 0 Å². The average Bonchev–Trinajstić information content (AvgIpc) is 3.24. The summed E-state index contributed by atoms with van der Waals surface area (Å²) < 4.78 is 7.33. The van der Waals surface area contributed by atoms with E-state index in [0.29, 0.717) is 5.92 Å². The molecule has 1 aromatic heterocycles. The van der Waals surface area contributed by atoms with Crippen molar-refractivity contribution in [3.8, 4) is 5.75 Å². The number of ether oxygens (including phenoxy) is 1. The lowest BCUT2D eigenvalue weighted by atomic mass is 10.0. The maximum absolute atomic E-state index is 6.51. The van der Waals surface area contributed by atoms with Crippen LogP contribution < -0.4 is 4.74 Å². The zero-order valence-electron chi connectivity index (χ0n) is 19.0. The Morgan fingerprint density at radius 1 is 0.906 bits per heavy atom. The van der Waals surface area contributed by atoms with Crippen LogP contribution in [-0.4, -0.2) is 42.5 Å². The predicted molar refractivity (Wildman–Crippen MR) is 136 cm³/mol. The molecule has 1 saturated heterocycles. The molecule has 0 radical (unpaired) electrons. The standard InChI is InChI=1S/C27H33ClN2OS/c1-21(2)23-9-6-10-24(19-23)31-25(26-11-12-27(28)32-26)13-14-29-15-17-30(18-16-29)20-22-7-4-3-5-8-22/h3-12,19,21,25H,13-18,20H2,1-2H3. The minimum Gasteiger partial charge on any atom is -0.485 e. The van der Waals surface area contributed by atoms with E-state index in [1.165, 1.54) is 16.0 Å². The van der Waals surface area contributed by atoms with Crippen LogP contribution in [0, 0.1) is 0 Å². The van der Waals surface area contributed by atoms with Gasteiger partial charge in [-0.1, -0.05) is 67.9 Å². The number of halogens is 1. The van der Waals surface area contributed by atoms with Crippen LogP contribution in [0.1, 0.15) is 48.3 Å². The van der Waals surface area contributed by atoms with Crippen LogP contribution in [0.2, 0.25) is 4.34 Å². The molecule has 0 N–H and O–H groups in total.